The van der Waals surface area contributed by atoms with E-state index in [1.54, 1.807) is 16.3 Å². The van der Waals surface area contributed by atoms with Gasteiger partial charge in [-0.25, -0.2) is 0 Å². The second-order valence-corrected chi connectivity index (χ2v) is 7.14. The summed E-state index contributed by atoms with van der Waals surface area (Å²) in [6.45, 7) is 2.05. The number of hydrogen-bond donors (Lipinski definition) is 0. The third-order valence-electron chi connectivity index (χ3n) is 4.29. The van der Waals surface area contributed by atoms with E-state index in [1.807, 2.05) is 36.5 Å². The largest absolute Gasteiger partial charge is 0.284 e. The van der Waals surface area contributed by atoms with E-state index >= 15 is 0 Å². The number of fused-ring (bicyclic) bond motifs is 1. The summed E-state index contributed by atoms with van der Waals surface area (Å²) in [4.78, 5) is 14.0. The number of benzene rings is 2. The molecule has 1 aliphatic rings. The Kier molecular flexibility index (Phi) is 3.58. The molecule has 1 atom stereocenters. The minimum atomic E-state index is 0.109. The highest BCUT2D eigenvalue weighted by molar-refractivity contribution is 7.99. The van der Waals surface area contributed by atoms with Crippen molar-refractivity contribution >= 4 is 11.8 Å². The molecule has 1 aliphatic heterocycles. The molecule has 0 bridgehead atoms. The number of aryl methyl sites for hydroxylation is 1. The van der Waals surface area contributed by atoms with Crippen molar-refractivity contribution in [3.8, 4) is 5.69 Å². The maximum Gasteiger partial charge on any atom is 0.259 e. The lowest BCUT2D eigenvalue weighted by Crippen LogP contribution is -2.21. The van der Waals surface area contributed by atoms with E-state index in [0.717, 1.165) is 22.6 Å². The zero-order chi connectivity index (χ0) is 15.8. The van der Waals surface area contributed by atoms with Gasteiger partial charge in [-0.3, -0.25) is 9.36 Å². The highest BCUT2D eigenvalue weighted by atomic mass is 32.2. The van der Waals surface area contributed by atoms with Gasteiger partial charge < -0.3 is 0 Å². The van der Waals surface area contributed by atoms with Crippen molar-refractivity contribution in [3.05, 3.63) is 93.9 Å². The predicted molar refractivity (Wildman–Crippen MR) is 95.5 cm³/mol. The average molecular weight is 319 g/mol. The zero-order valence-electron chi connectivity index (χ0n) is 12.9. The first-order valence-corrected chi connectivity index (χ1v) is 8.63. The summed E-state index contributed by atoms with van der Waals surface area (Å²) in [5.41, 5.74) is 4.46. The summed E-state index contributed by atoms with van der Waals surface area (Å²) in [6.07, 6.45) is 2.70. The van der Waals surface area contributed by atoms with Gasteiger partial charge in [0.2, 0.25) is 0 Å². The molecule has 0 radical (unpaired) electrons. The molecule has 0 fully saturated rings. The molecule has 2 nitrogen and oxygen atoms in total. The molecule has 2 aromatic carbocycles. The van der Waals surface area contributed by atoms with Gasteiger partial charge in [0.1, 0.15) is 0 Å². The Hall–Kier alpha value is -2.26. The summed E-state index contributed by atoms with van der Waals surface area (Å²) in [7, 11) is 0. The fourth-order valence-electron chi connectivity index (χ4n) is 3.00. The molecule has 1 aromatic heterocycles. The number of rotatable bonds is 2. The molecule has 3 heteroatoms. The molecule has 3 aromatic rings. The van der Waals surface area contributed by atoms with Crippen LogP contribution in [0.5, 0.6) is 0 Å². The summed E-state index contributed by atoms with van der Waals surface area (Å²) >= 11 is 1.80. The summed E-state index contributed by atoms with van der Waals surface area (Å²) in [6, 6.07) is 20.6. The lowest BCUT2D eigenvalue weighted by molar-refractivity contribution is 0.878. The van der Waals surface area contributed by atoms with Crippen LogP contribution in [0.4, 0.5) is 0 Å². The van der Waals surface area contributed by atoms with Crippen molar-refractivity contribution in [2.24, 2.45) is 0 Å². The molecule has 0 aliphatic carbocycles. The third kappa shape index (κ3) is 2.62. The molecule has 23 heavy (non-hydrogen) atoms. The van der Waals surface area contributed by atoms with E-state index in [9.17, 15) is 4.79 Å². The van der Waals surface area contributed by atoms with E-state index in [4.69, 9.17) is 0 Å². The first-order valence-electron chi connectivity index (χ1n) is 7.75. The molecule has 0 N–H and O–H groups in total. The third-order valence-corrected chi connectivity index (χ3v) is 5.65. The Balaban J connectivity index is 1.72. The van der Waals surface area contributed by atoms with Crippen LogP contribution >= 0.6 is 11.8 Å². The Morgan fingerprint density at radius 3 is 2.48 bits per heavy atom. The summed E-state index contributed by atoms with van der Waals surface area (Å²) < 4.78 is 1.76. The van der Waals surface area contributed by atoms with Gasteiger partial charge in [-0.2, -0.15) is 0 Å². The molecule has 1 unspecified atom stereocenters. The average Bonchev–Trinajstić information content (AvgIpc) is 3.02. The monoisotopic (exact) mass is 319 g/mol. The Labute approximate surface area is 139 Å². The molecule has 4 rings (SSSR count). The van der Waals surface area contributed by atoms with Gasteiger partial charge in [-0.1, -0.05) is 48.0 Å². The van der Waals surface area contributed by atoms with Gasteiger partial charge in [-0.15, -0.1) is 11.8 Å². The molecule has 0 spiro atoms. The second kappa shape index (κ2) is 5.74. The van der Waals surface area contributed by atoms with Crippen molar-refractivity contribution in [1.29, 1.82) is 0 Å². The smallest absolute Gasteiger partial charge is 0.259 e. The Bertz CT molecular complexity index is 897. The predicted octanol–water partition coefficient (Wildman–Crippen LogP) is 4.54. The minimum absolute atomic E-state index is 0.109. The lowest BCUT2D eigenvalue weighted by atomic mass is 10.1. The van der Waals surface area contributed by atoms with Crippen molar-refractivity contribution in [3.63, 3.8) is 0 Å². The fourth-order valence-corrected chi connectivity index (χ4v) is 4.30. The number of hydrogen-bond acceptors (Lipinski definition) is 2. The van der Waals surface area contributed by atoms with Crippen LogP contribution < -0.4 is 5.56 Å². The molecular weight excluding hydrogens is 302 g/mol. The summed E-state index contributed by atoms with van der Waals surface area (Å²) in [5.74, 6) is 0. The van der Waals surface area contributed by atoms with E-state index in [0.29, 0.717) is 5.25 Å². The van der Waals surface area contributed by atoms with Crippen LogP contribution in [-0.4, -0.2) is 4.57 Å². The second-order valence-electron chi connectivity index (χ2n) is 5.89. The van der Waals surface area contributed by atoms with Crippen molar-refractivity contribution in [1.82, 2.24) is 4.57 Å². The van der Waals surface area contributed by atoms with E-state index in [-0.39, 0.29) is 5.56 Å². The van der Waals surface area contributed by atoms with E-state index in [2.05, 4.69) is 37.3 Å². The number of nitrogens with zero attached hydrogens (tertiary/aromatic N) is 1. The molecule has 0 amide bonds. The zero-order valence-corrected chi connectivity index (χ0v) is 13.7. The van der Waals surface area contributed by atoms with Crippen LogP contribution in [0.1, 0.15) is 21.9 Å². The highest BCUT2D eigenvalue weighted by Gasteiger charge is 2.26. The minimum Gasteiger partial charge on any atom is -0.284 e. The van der Waals surface area contributed by atoms with Crippen LogP contribution in [0.25, 0.3) is 5.69 Å². The normalized spacial score (nSPS) is 16.3. The first kappa shape index (κ1) is 14.3. The Morgan fingerprint density at radius 1 is 1.00 bits per heavy atom. The number of aromatic nitrogens is 1. The highest BCUT2D eigenvalue weighted by Crippen LogP contribution is 2.44. The van der Waals surface area contributed by atoms with Crippen LogP contribution in [0, 0.1) is 6.92 Å². The maximum atomic E-state index is 12.9. The molecule has 0 saturated heterocycles. The Morgan fingerprint density at radius 2 is 1.74 bits per heavy atom. The van der Waals surface area contributed by atoms with Crippen LogP contribution in [-0.2, 0) is 6.42 Å². The molecular formula is C20H17NOS. The van der Waals surface area contributed by atoms with Gasteiger partial charge in [-0.05, 0) is 37.1 Å². The SMILES string of the molecule is Cc1ccc(-n2ccc3c(c2=O)CC(c2ccccc2)S3)cc1. The van der Waals surface area contributed by atoms with Gasteiger partial charge >= 0.3 is 0 Å². The first-order chi connectivity index (χ1) is 11.2. The molecule has 114 valence electrons. The van der Waals surface area contributed by atoms with Crippen molar-refractivity contribution < 1.29 is 0 Å². The van der Waals surface area contributed by atoms with Crippen LogP contribution in [0.2, 0.25) is 0 Å². The van der Waals surface area contributed by atoms with Gasteiger partial charge in [0, 0.05) is 27.6 Å². The van der Waals surface area contributed by atoms with Gasteiger partial charge in [0.15, 0.2) is 0 Å². The van der Waals surface area contributed by atoms with Gasteiger partial charge in [0.25, 0.3) is 5.56 Å². The summed E-state index contributed by atoms with van der Waals surface area (Å²) in [5, 5.41) is 0.341. The standard InChI is InChI=1S/C20H17NOS/c1-14-7-9-16(10-8-14)21-12-11-18-17(20(21)22)13-19(23-18)15-5-3-2-4-6-15/h2-12,19H,13H2,1H3. The van der Waals surface area contributed by atoms with Crippen molar-refractivity contribution in [2.45, 2.75) is 23.5 Å². The number of pyridine rings is 1. The maximum absolute atomic E-state index is 12.9. The van der Waals surface area contributed by atoms with Crippen LogP contribution in [0.3, 0.4) is 0 Å². The lowest BCUT2D eigenvalue weighted by Gasteiger charge is -2.08. The molecule has 2 heterocycles. The topological polar surface area (TPSA) is 22.0 Å². The van der Waals surface area contributed by atoms with E-state index in [1.165, 1.54) is 11.1 Å². The quantitative estimate of drug-likeness (QED) is 0.692. The fraction of sp³-hybridized carbons (Fsp3) is 0.150. The van der Waals surface area contributed by atoms with E-state index < -0.39 is 0 Å². The van der Waals surface area contributed by atoms with Gasteiger partial charge in [0.05, 0.1) is 0 Å². The molecule has 0 saturated carbocycles. The van der Waals surface area contributed by atoms with Crippen LogP contribution in [0.15, 0.2) is 76.6 Å². The van der Waals surface area contributed by atoms with Crippen molar-refractivity contribution in [2.75, 3.05) is 0 Å². The number of thioether (sulfide) groups is 1.